The van der Waals surface area contributed by atoms with Gasteiger partial charge in [-0.2, -0.15) is 0 Å². The van der Waals surface area contributed by atoms with Crippen LogP contribution in [0.3, 0.4) is 0 Å². The van der Waals surface area contributed by atoms with Crippen LogP contribution in [-0.2, 0) is 41.5 Å². The van der Waals surface area contributed by atoms with E-state index in [1.807, 2.05) is 0 Å². The summed E-state index contributed by atoms with van der Waals surface area (Å²) in [5, 5.41) is 0. The van der Waals surface area contributed by atoms with Crippen molar-refractivity contribution in [2.45, 2.75) is 33.1 Å². The van der Waals surface area contributed by atoms with Gasteiger partial charge in [-0.25, -0.2) is 0 Å². The summed E-state index contributed by atoms with van der Waals surface area (Å²) in [5.41, 5.74) is -0.392. The van der Waals surface area contributed by atoms with E-state index in [4.69, 9.17) is 9.47 Å². The quantitative estimate of drug-likeness (QED) is 0.540. The molecule has 0 N–H and O–H groups in total. The molecular formula is C22H22O6. The van der Waals surface area contributed by atoms with Crippen LogP contribution in [0.5, 0.6) is 0 Å². The molecule has 0 saturated heterocycles. The lowest BCUT2D eigenvalue weighted by Gasteiger charge is -2.22. The molecule has 146 valence electrons. The van der Waals surface area contributed by atoms with Crippen LogP contribution in [0.25, 0.3) is 0 Å². The van der Waals surface area contributed by atoms with Gasteiger partial charge < -0.3 is 9.47 Å². The van der Waals surface area contributed by atoms with Gasteiger partial charge in [0.05, 0.1) is 12.8 Å². The van der Waals surface area contributed by atoms with Gasteiger partial charge in [0.15, 0.2) is 5.41 Å². The maximum absolute atomic E-state index is 12.4. The number of hydrogen-bond donors (Lipinski definition) is 0. The lowest BCUT2D eigenvalue weighted by atomic mass is 9.88. The van der Waals surface area contributed by atoms with E-state index >= 15 is 0 Å². The molecule has 0 amide bonds. The molecule has 6 heteroatoms. The highest BCUT2D eigenvalue weighted by molar-refractivity contribution is 6.05. The molecule has 0 aliphatic rings. The van der Waals surface area contributed by atoms with Gasteiger partial charge in [-0.05, 0) is 24.5 Å². The summed E-state index contributed by atoms with van der Waals surface area (Å²) in [6.45, 7) is 2.87. The Balaban J connectivity index is 1.97. The molecule has 0 unspecified atom stereocenters. The predicted molar refractivity (Wildman–Crippen MR) is 101 cm³/mol. The van der Waals surface area contributed by atoms with E-state index in [2.05, 4.69) is 0 Å². The van der Waals surface area contributed by atoms with Crippen LogP contribution in [0.2, 0.25) is 0 Å². The number of hydrogen-bond acceptors (Lipinski definition) is 6. The first-order chi connectivity index (χ1) is 13.3. The molecular weight excluding hydrogens is 360 g/mol. The summed E-state index contributed by atoms with van der Waals surface area (Å²) in [6, 6.07) is 17.5. The first-order valence-corrected chi connectivity index (χ1v) is 8.93. The average molecular weight is 382 g/mol. The van der Waals surface area contributed by atoms with E-state index in [9.17, 15) is 19.2 Å². The molecule has 6 nitrogen and oxygen atoms in total. The molecule has 0 atom stereocenters. The molecule has 2 aromatic rings. The molecule has 0 radical (unpaired) electrons. The highest BCUT2D eigenvalue weighted by Crippen LogP contribution is 2.26. The normalized spacial score (nSPS) is 10.8. The minimum absolute atomic E-state index is 0.0158. The molecule has 0 fully saturated rings. The summed E-state index contributed by atoms with van der Waals surface area (Å²) < 4.78 is 9.68. The zero-order valence-electron chi connectivity index (χ0n) is 15.8. The second-order valence-electron chi connectivity index (χ2n) is 6.53. The Kier molecular flexibility index (Phi) is 7.21. The summed E-state index contributed by atoms with van der Waals surface area (Å²) in [7, 11) is 0. The van der Waals surface area contributed by atoms with E-state index in [0.29, 0.717) is 11.1 Å². The Morgan fingerprint density at radius 3 is 1.39 bits per heavy atom. The number of carbonyl (C=O) groups is 4. The number of rotatable bonds is 7. The third-order valence-corrected chi connectivity index (χ3v) is 4.40. The van der Waals surface area contributed by atoms with Crippen molar-refractivity contribution in [1.82, 2.24) is 0 Å². The number of benzene rings is 2. The number of carbonyl (C=O) groups excluding carboxylic acids is 4. The first-order valence-electron chi connectivity index (χ1n) is 8.93. The van der Waals surface area contributed by atoms with Gasteiger partial charge >= 0.3 is 23.9 Å². The van der Waals surface area contributed by atoms with Crippen molar-refractivity contribution in [2.24, 2.45) is 5.41 Å². The Labute approximate surface area is 163 Å². The van der Waals surface area contributed by atoms with E-state index in [-0.39, 0.29) is 19.3 Å². The molecule has 0 bridgehead atoms. The van der Waals surface area contributed by atoms with Crippen molar-refractivity contribution < 1.29 is 28.7 Å². The predicted octanol–water partition coefficient (Wildman–Crippen LogP) is 3.03. The van der Waals surface area contributed by atoms with Crippen LogP contribution in [0.4, 0.5) is 0 Å². The fourth-order valence-corrected chi connectivity index (χ4v) is 2.40. The molecule has 0 heterocycles. The Morgan fingerprint density at radius 2 is 1.07 bits per heavy atom. The fourth-order valence-electron chi connectivity index (χ4n) is 2.40. The Morgan fingerprint density at radius 1 is 0.714 bits per heavy atom. The maximum Gasteiger partial charge on any atom is 0.330 e. The lowest BCUT2D eigenvalue weighted by Crippen LogP contribution is -2.41. The molecule has 2 rings (SSSR count). The summed E-state index contributed by atoms with van der Waals surface area (Å²) >= 11 is 0. The SMILES string of the molecule is CCC(C)(C(=O)OC(=O)Cc1ccccc1)C(=O)OC(=O)Cc1ccccc1. The van der Waals surface area contributed by atoms with Crippen LogP contribution in [-0.4, -0.2) is 23.9 Å². The third kappa shape index (κ3) is 5.61. The molecule has 2 aromatic carbocycles. The number of esters is 4. The van der Waals surface area contributed by atoms with E-state index in [0.717, 1.165) is 0 Å². The van der Waals surface area contributed by atoms with Crippen molar-refractivity contribution in [3.63, 3.8) is 0 Å². The summed E-state index contributed by atoms with van der Waals surface area (Å²) in [4.78, 5) is 48.9. The average Bonchev–Trinajstić information content (AvgIpc) is 2.68. The van der Waals surface area contributed by atoms with Gasteiger partial charge in [-0.15, -0.1) is 0 Å². The second-order valence-corrected chi connectivity index (χ2v) is 6.53. The van der Waals surface area contributed by atoms with Gasteiger partial charge in [0, 0.05) is 0 Å². The smallest absolute Gasteiger partial charge is 0.330 e. The van der Waals surface area contributed by atoms with Gasteiger partial charge in [-0.3, -0.25) is 19.2 Å². The van der Waals surface area contributed by atoms with Crippen molar-refractivity contribution in [3.05, 3.63) is 71.8 Å². The van der Waals surface area contributed by atoms with Crippen LogP contribution < -0.4 is 0 Å². The van der Waals surface area contributed by atoms with Crippen molar-refractivity contribution in [3.8, 4) is 0 Å². The number of ether oxygens (including phenoxy) is 2. The topological polar surface area (TPSA) is 86.7 Å². The fraction of sp³-hybridized carbons (Fsp3) is 0.273. The van der Waals surface area contributed by atoms with Crippen LogP contribution in [0.1, 0.15) is 31.4 Å². The van der Waals surface area contributed by atoms with Gasteiger partial charge in [0.25, 0.3) is 0 Å². The summed E-state index contributed by atoms with van der Waals surface area (Å²) in [5.74, 6) is -3.62. The largest absolute Gasteiger partial charge is 0.392 e. The van der Waals surface area contributed by atoms with E-state index in [1.165, 1.54) is 6.92 Å². The van der Waals surface area contributed by atoms with Gasteiger partial charge in [-0.1, -0.05) is 67.6 Å². The second kappa shape index (κ2) is 9.60. The zero-order valence-corrected chi connectivity index (χ0v) is 15.8. The minimum atomic E-state index is -1.75. The standard InChI is InChI=1S/C22H22O6/c1-3-22(2,20(25)27-18(23)14-16-10-6-4-7-11-16)21(26)28-19(24)15-17-12-8-5-9-13-17/h4-13H,3,14-15H2,1-2H3. The van der Waals surface area contributed by atoms with Crippen LogP contribution in [0, 0.1) is 5.41 Å². The summed E-state index contributed by atoms with van der Waals surface area (Å²) in [6.07, 6.45) is -0.190. The molecule has 0 spiro atoms. The molecule has 0 aromatic heterocycles. The van der Waals surface area contributed by atoms with Crippen molar-refractivity contribution in [2.75, 3.05) is 0 Å². The first kappa shape index (κ1) is 21.0. The highest BCUT2D eigenvalue weighted by atomic mass is 16.6. The van der Waals surface area contributed by atoms with E-state index < -0.39 is 29.3 Å². The van der Waals surface area contributed by atoms with Crippen LogP contribution >= 0.6 is 0 Å². The molecule has 0 saturated carbocycles. The highest BCUT2D eigenvalue weighted by Gasteiger charge is 2.44. The van der Waals surface area contributed by atoms with Gasteiger partial charge in [0.1, 0.15) is 0 Å². The molecule has 0 aliphatic carbocycles. The minimum Gasteiger partial charge on any atom is -0.392 e. The lowest BCUT2D eigenvalue weighted by molar-refractivity contribution is -0.177. The molecule has 0 aliphatic heterocycles. The van der Waals surface area contributed by atoms with Crippen molar-refractivity contribution >= 4 is 23.9 Å². The molecule has 28 heavy (non-hydrogen) atoms. The Bertz CT molecular complexity index is 774. The van der Waals surface area contributed by atoms with Crippen molar-refractivity contribution in [1.29, 1.82) is 0 Å². The van der Waals surface area contributed by atoms with Crippen LogP contribution in [0.15, 0.2) is 60.7 Å². The maximum atomic E-state index is 12.4. The van der Waals surface area contributed by atoms with Gasteiger partial charge in [0.2, 0.25) is 0 Å². The zero-order chi connectivity index (χ0) is 20.6. The monoisotopic (exact) mass is 382 g/mol. The third-order valence-electron chi connectivity index (χ3n) is 4.40. The van der Waals surface area contributed by atoms with E-state index in [1.54, 1.807) is 67.6 Å². The Hall–Kier alpha value is -3.28.